The number of nitrogens with zero attached hydrogens (tertiary/aromatic N) is 3. The number of nitro groups is 1. The summed E-state index contributed by atoms with van der Waals surface area (Å²) in [4.78, 5) is 67.8. The molecule has 4 aromatic carbocycles. The van der Waals surface area contributed by atoms with Crippen LogP contribution in [-0.2, 0) is 4.74 Å². The molecule has 10 nitrogen and oxygen atoms in total. The standard InChI is InChI=1S/C32H18ClN3O7/c33-26-10-4-9-22-25(32(40)43-17-28(37)19-5-3-6-21(15-19)36(41)42)16-27(34-29(22)26)18-11-13-20(14-12-18)35-30(38)23-7-1-2-8-24(23)31(35)39/h1-16H,17H2. The Bertz CT molecular complexity index is 1970. The van der Waals surface area contributed by atoms with Gasteiger partial charge in [-0.2, -0.15) is 0 Å². The largest absolute Gasteiger partial charge is 0.454 e. The Morgan fingerprint density at radius 2 is 1.53 bits per heavy atom. The fourth-order valence-electron chi connectivity index (χ4n) is 4.82. The lowest BCUT2D eigenvalue weighted by atomic mass is 10.0. The Labute approximate surface area is 248 Å². The molecule has 0 spiro atoms. The van der Waals surface area contributed by atoms with Gasteiger partial charge in [0.05, 0.1) is 43.5 Å². The highest BCUT2D eigenvalue weighted by atomic mass is 35.5. The molecule has 0 saturated carbocycles. The highest BCUT2D eigenvalue weighted by Crippen LogP contribution is 2.33. The molecular formula is C32H18ClN3O7. The van der Waals surface area contributed by atoms with E-state index in [1.54, 1.807) is 66.7 Å². The molecule has 2 heterocycles. The summed E-state index contributed by atoms with van der Waals surface area (Å²) < 4.78 is 5.31. The van der Waals surface area contributed by atoms with Crippen LogP contribution in [-0.4, -0.2) is 40.1 Å². The van der Waals surface area contributed by atoms with Crippen LogP contribution in [0.25, 0.3) is 22.2 Å². The number of ketones is 1. The molecule has 1 aliphatic heterocycles. The van der Waals surface area contributed by atoms with Crippen LogP contribution >= 0.6 is 11.6 Å². The average Bonchev–Trinajstić information content (AvgIpc) is 3.28. The Morgan fingerprint density at radius 3 is 2.21 bits per heavy atom. The highest BCUT2D eigenvalue weighted by molar-refractivity contribution is 6.35. The minimum Gasteiger partial charge on any atom is -0.454 e. The molecule has 210 valence electrons. The van der Waals surface area contributed by atoms with Crippen molar-refractivity contribution < 1.29 is 28.8 Å². The van der Waals surface area contributed by atoms with Crippen molar-refractivity contribution in [3.05, 3.63) is 134 Å². The number of halogens is 1. The summed E-state index contributed by atoms with van der Waals surface area (Å²) in [6, 6.07) is 24.6. The van der Waals surface area contributed by atoms with Crippen LogP contribution in [0, 0.1) is 10.1 Å². The number of ether oxygens (including phenoxy) is 1. The zero-order valence-electron chi connectivity index (χ0n) is 22.0. The van der Waals surface area contributed by atoms with Crippen molar-refractivity contribution in [1.82, 2.24) is 4.98 Å². The lowest BCUT2D eigenvalue weighted by Gasteiger charge is -2.15. The number of amides is 2. The maximum absolute atomic E-state index is 13.2. The number of benzene rings is 4. The SMILES string of the molecule is O=C(COC(=O)c1cc(-c2ccc(N3C(=O)c4ccccc4C3=O)cc2)nc2c(Cl)cccc12)c1cccc([N+](=O)[O-])c1. The van der Waals surface area contributed by atoms with Gasteiger partial charge in [0.25, 0.3) is 17.5 Å². The molecule has 0 N–H and O–H groups in total. The van der Waals surface area contributed by atoms with E-state index < -0.39 is 35.1 Å². The van der Waals surface area contributed by atoms with Gasteiger partial charge in [0.15, 0.2) is 6.61 Å². The van der Waals surface area contributed by atoms with Crippen LogP contribution in [0.5, 0.6) is 0 Å². The van der Waals surface area contributed by atoms with Crippen LogP contribution in [0.1, 0.15) is 41.4 Å². The third-order valence-electron chi connectivity index (χ3n) is 6.94. The van der Waals surface area contributed by atoms with Gasteiger partial charge in [0.1, 0.15) is 0 Å². The topological polar surface area (TPSA) is 137 Å². The van der Waals surface area contributed by atoms with Gasteiger partial charge in [-0.3, -0.25) is 24.5 Å². The molecule has 11 heteroatoms. The van der Waals surface area contributed by atoms with E-state index in [1.165, 1.54) is 24.3 Å². The second-order valence-electron chi connectivity index (χ2n) is 9.54. The first-order chi connectivity index (χ1) is 20.7. The first-order valence-electron chi connectivity index (χ1n) is 12.9. The van der Waals surface area contributed by atoms with Crippen molar-refractivity contribution in [2.75, 3.05) is 11.5 Å². The number of anilines is 1. The molecule has 0 fully saturated rings. The predicted molar refractivity (Wildman–Crippen MR) is 157 cm³/mol. The molecule has 1 aliphatic rings. The minimum absolute atomic E-state index is 0.0310. The van der Waals surface area contributed by atoms with Gasteiger partial charge in [-0.05, 0) is 36.4 Å². The summed E-state index contributed by atoms with van der Waals surface area (Å²) >= 11 is 6.42. The highest BCUT2D eigenvalue weighted by Gasteiger charge is 2.36. The quantitative estimate of drug-likeness (QED) is 0.0706. The van der Waals surface area contributed by atoms with Crippen LogP contribution in [0.3, 0.4) is 0 Å². The third-order valence-corrected chi connectivity index (χ3v) is 7.24. The lowest BCUT2D eigenvalue weighted by Crippen LogP contribution is -2.29. The molecular weight excluding hydrogens is 574 g/mol. The van der Waals surface area contributed by atoms with Crippen molar-refractivity contribution in [2.45, 2.75) is 0 Å². The molecule has 0 atom stereocenters. The van der Waals surface area contributed by atoms with E-state index >= 15 is 0 Å². The van der Waals surface area contributed by atoms with Gasteiger partial charge in [-0.1, -0.05) is 60.1 Å². The molecule has 0 saturated heterocycles. The first-order valence-corrected chi connectivity index (χ1v) is 13.2. The van der Waals surface area contributed by atoms with Crippen LogP contribution in [0.4, 0.5) is 11.4 Å². The zero-order chi connectivity index (χ0) is 30.2. The van der Waals surface area contributed by atoms with Gasteiger partial charge in [-0.25, -0.2) is 14.7 Å². The third kappa shape index (κ3) is 5.00. The maximum Gasteiger partial charge on any atom is 0.339 e. The number of imide groups is 1. The number of esters is 1. The lowest BCUT2D eigenvalue weighted by molar-refractivity contribution is -0.384. The number of para-hydroxylation sites is 1. The number of rotatable bonds is 7. The number of nitro benzene ring substituents is 1. The molecule has 43 heavy (non-hydrogen) atoms. The molecule has 0 unspecified atom stereocenters. The fourth-order valence-corrected chi connectivity index (χ4v) is 5.04. The summed E-state index contributed by atoms with van der Waals surface area (Å²) in [7, 11) is 0. The minimum atomic E-state index is -0.822. The van der Waals surface area contributed by atoms with Gasteiger partial charge >= 0.3 is 5.97 Å². The predicted octanol–water partition coefficient (Wildman–Crippen LogP) is 6.30. The van der Waals surface area contributed by atoms with E-state index in [0.717, 1.165) is 11.0 Å². The number of non-ortho nitro benzene ring substituents is 1. The molecule has 1 aromatic heterocycles. The summed E-state index contributed by atoms with van der Waals surface area (Å²) in [5.41, 5.74) is 2.13. The average molecular weight is 592 g/mol. The summed E-state index contributed by atoms with van der Waals surface area (Å²) in [6.07, 6.45) is 0. The molecule has 0 radical (unpaired) electrons. The molecule has 2 amide bonds. The number of Topliss-reactive ketones (excluding diaryl/α,β-unsaturated/α-hetero) is 1. The Morgan fingerprint density at radius 1 is 0.860 bits per heavy atom. The summed E-state index contributed by atoms with van der Waals surface area (Å²) in [6.45, 7) is -0.644. The first kappa shape index (κ1) is 27.4. The van der Waals surface area contributed by atoms with Crippen molar-refractivity contribution in [3.63, 3.8) is 0 Å². The number of carbonyl (C=O) groups excluding carboxylic acids is 4. The van der Waals surface area contributed by atoms with E-state index in [9.17, 15) is 29.3 Å². The van der Waals surface area contributed by atoms with E-state index in [-0.39, 0.29) is 21.8 Å². The fraction of sp³-hybridized carbons (Fsp3) is 0.0312. The van der Waals surface area contributed by atoms with E-state index in [2.05, 4.69) is 4.98 Å². The van der Waals surface area contributed by atoms with Crippen molar-refractivity contribution in [1.29, 1.82) is 0 Å². The molecule has 0 aliphatic carbocycles. The number of aromatic nitrogens is 1. The maximum atomic E-state index is 13.2. The van der Waals surface area contributed by atoms with Crippen molar-refractivity contribution >= 4 is 57.4 Å². The number of pyridine rings is 1. The smallest absolute Gasteiger partial charge is 0.339 e. The molecule has 6 rings (SSSR count). The Balaban J connectivity index is 1.29. The second-order valence-corrected chi connectivity index (χ2v) is 9.94. The van der Waals surface area contributed by atoms with E-state index in [1.807, 2.05) is 0 Å². The van der Waals surface area contributed by atoms with Gasteiger partial charge in [-0.15, -0.1) is 0 Å². The number of fused-ring (bicyclic) bond motifs is 2. The van der Waals surface area contributed by atoms with Crippen molar-refractivity contribution in [2.24, 2.45) is 0 Å². The summed E-state index contributed by atoms with van der Waals surface area (Å²) in [5.74, 6) is -2.28. The van der Waals surface area contributed by atoms with Crippen molar-refractivity contribution in [3.8, 4) is 11.3 Å². The van der Waals surface area contributed by atoms with Gasteiger partial charge < -0.3 is 4.74 Å². The molecule has 5 aromatic rings. The normalized spacial score (nSPS) is 12.3. The zero-order valence-corrected chi connectivity index (χ0v) is 22.8. The van der Waals surface area contributed by atoms with Gasteiger partial charge in [0, 0.05) is 28.6 Å². The monoisotopic (exact) mass is 591 g/mol. The van der Waals surface area contributed by atoms with Crippen LogP contribution in [0.15, 0.2) is 97.1 Å². The van der Waals surface area contributed by atoms with E-state index in [4.69, 9.17) is 16.3 Å². The molecule has 0 bridgehead atoms. The number of hydrogen-bond acceptors (Lipinski definition) is 8. The number of carbonyl (C=O) groups is 4. The van der Waals surface area contributed by atoms with E-state index in [0.29, 0.717) is 39.0 Å². The van der Waals surface area contributed by atoms with Crippen LogP contribution < -0.4 is 4.90 Å². The Hall–Kier alpha value is -5.74. The van der Waals surface area contributed by atoms with Gasteiger partial charge in [0.2, 0.25) is 5.78 Å². The van der Waals surface area contributed by atoms with Crippen LogP contribution in [0.2, 0.25) is 5.02 Å². The number of hydrogen-bond donors (Lipinski definition) is 0. The second kappa shape index (κ2) is 10.9. The Kier molecular flexibility index (Phi) is 6.96. The summed E-state index contributed by atoms with van der Waals surface area (Å²) in [5, 5.41) is 11.7.